The predicted octanol–water partition coefficient (Wildman–Crippen LogP) is 1.41. The molecule has 0 unspecified atom stereocenters. The molecule has 3 saturated heterocycles. The van der Waals surface area contributed by atoms with Crippen LogP contribution in [0, 0.1) is 23.7 Å². The Kier molecular flexibility index (Phi) is 15.9. The molecule has 0 aromatic carbocycles. The minimum absolute atomic E-state index is 0.00579. The van der Waals surface area contributed by atoms with Gasteiger partial charge in [-0.1, -0.05) is 20.8 Å². The average molecular weight is 764 g/mol. The summed E-state index contributed by atoms with van der Waals surface area (Å²) in [5, 5.41) is 56.0. The normalized spacial score (nSPS) is 48.3. The number of nitrogens with zero attached hydrogens (tertiary/aromatic N) is 1. The fraction of sp³-hybridized carbons (Fsp3) is 0.947. The van der Waals surface area contributed by atoms with Crippen molar-refractivity contribution in [3.8, 4) is 0 Å². The molecule has 3 aliphatic rings. The number of methoxy groups -OCH3 is 2. The zero-order chi connectivity index (χ0) is 40.4. The Bertz CT molecular complexity index is 1210. The standard InChI is InChI=1S/C38H69NO14/c1-14-26-38(9,46)32(44)24(18-40)28(41)19(2)16-37(8,48-13)33(53-35-29(42)25(39(10)11)15-20(3)49-35)21(4)30(22(5)34(45)51-26)52-27-17-36(7,47-12)31(43)23(6)50-27/h19-27,29-33,35,40,42-44,46H,14-18H2,1-13H3/t19-,20-,21+,22-,23+,24+,25+,26-,27+,29-,30+,31+,32-,33-,35+,36-,37-,38-/m1/s1. The fourth-order valence-electron chi connectivity index (χ4n) is 8.59. The first-order chi connectivity index (χ1) is 24.5. The van der Waals surface area contributed by atoms with Gasteiger partial charge in [0.2, 0.25) is 0 Å². The summed E-state index contributed by atoms with van der Waals surface area (Å²) in [6, 6.07) is -0.311. The highest BCUT2D eigenvalue weighted by Crippen LogP contribution is 2.41. The van der Waals surface area contributed by atoms with Crippen LogP contribution < -0.4 is 0 Å². The quantitative estimate of drug-likeness (QED) is 0.211. The number of ketones is 1. The summed E-state index contributed by atoms with van der Waals surface area (Å²) in [6.07, 6.45) is -9.58. The number of rotatable bonds is 9. The number of esters is 1. The summed E-state index contributed by atoms with van der Waals surface area (Å²) < 4.78 is 43.7. The van der Waals surface area contributed by atoms with Gasteiger partial charge in [0.25, 0.3) is 0 Å². The van der Waals surface area contributed by atoms with Gasteiger partial charge in [0.15, 0.2) is 12.6 Å². The average Bonchev–Trinajstić information content (AvgIpc) is 3.10. The molecule has 5 N–H and O–H groups in total. The van der Waals surface area contributed by atoms with Crippen molar-refractivity contribution in [3.63, 3.8) is 0 Å². The largest absolute Gasteiger partial charge is 0.459 e. The molecule has 53 heavy (non-hydrogen) atoms. The molecule has 15 nitrogen and oxygen atoms in total. The second kappa shape index (κ2) is 18.3. The number of likely N-dealkylation sites (N-methyl/N-ethyl adjacent to an activating group) is 1. The Labute approximate surface area is 315 Å². The summed E-state index contributed by atoms with van der Waals surface area (Å²) in [4.78, 5) is 30.1. The fourth-order valence-corrected chi connectivity index (χ4v) is 8.59. The van der Waals surface area contributed by atoms with E-state index in [4.69, 9.17) is 33.2 Å². The van der Waals surface area contributed by atoms with E-state index in [1.54, 1.807) is 48.5 Å². The van der Waals surface area contributed by atoms with Crippen LogP contribution in [0.2, 0.25) is 0 Å². The van der Waals surface area contributed by atoms with Crippen molar-refractivity contribution < 1.29 is 68.3 Å². The van der Waals surface area contributed by atoms with Gasteiger partial charge in [-0.25, -0.2) is 0 Å². The number of hydrogen-bond donors (Lipinski definition) is 5. The van der Waals surface area contributed by atoms with E-state index in [1.807, 2.05) is 25.9 Å². The lowest BCUT2D eigenvalue weighted by Crippen LogP contribution is -2.61. The monoisotopic (exact) mass is 763 g/mol. The number of Topliss-reactive ketones (excluding diaryl/α,β-unsaturated/α-hetero) is 1. The van der Waals surface area contributed by atoms with Crippen LogP contribution in [0.3, 0.4) is 0 Å². The van der Waals surface area contributed by atoms with Crippen LogP contribution >= 0.6 is 0 Å². The van der Waals surface area contributed by atoms with Crippen molar-refractivity contribution in [2.45, 2.75) is 172 Å². The molecular weight excluding hydrogens is 694 g/mol. The number of ether oxygens (including phenoxy) is 7. The van der Waals surface area contributed by atoms with Gasteiger partial charge in [-0.05, 0) is 74.9 Å². The van der Waals surface area contributed by atoms with Gasteiger partial charge in [0, 0.05) is 38.5 Å². The topological polar surface area (TPSA) is 203 Å². The maximum atomic E-state index is 14.2. The van der Waals surface area contributed by atoms with E-state index in [1.165, 1.54) is 21.1 Å². The Morgan fingerprint density at radius 2 is 1.49 bits per heavy atom. The molecule has 3 fully saturated rings. The molecule has 0 spiro atoms. The highest BCUT2D eigenvalue weighted by Gasteiger charge is 2.54. The van der Waals surface area contributed by atoms with Gasteiger partial charge in [-0.2, -0.15) is 0 Å². The summed E-state index contributed by atoms with van der Waals surface area (Å²) in [6.45, 7) is 14.3. The lowest BCUT2D eigenvalue weighted by atomic mass is 9.73. The molecule has 15 heteroatoms. The Hall–Kier alpha value is -1.34. The van der Waals surface area contributed by atoms with E-state index in [0.717, 1.165) is 0 Å². The number of carbonyl (C=O) groups excluding carboxylic acids is 2. The first kappa shape index (κ1) is 46.0. The molecular formula is C38H69NO14. The molecule has 0 saturated carbocycles. The molecule has 3 aliphatic heterocycles. The molecule has 3 heterocycles. The van der Waals surface area contributed by atoms with Crippen LogP contribution in [0.1, 0.15) is 88.0 Å². The van der Waals surface area contributed by atoms with Crippen LogP contribution in [-0.4, -0.2) is 161 Å². The Morgan fingerprint density at radius 1 is 0.887 bits per heavy atom. The predicted molar refractivity (Wildman–Crippen MR) is 192 cm³/mol. The smallest absolute Gasteiger partial charge is 0.311 e. The minimum atomic E-state index is -2.12. The minimum Gasteiger partial charge on any atom is -0.459 e. The van der Waals surface area contributed by atoms with Gasteiger partial charge >= 0.3 is 5.97 Å². The SMILES string of the molecule is CC[C@H]1OC(=O)[C@H](C)[C@@H](O[C@H]2C[C@@](C)(OC)[C@@H](O)[C@H](C)O2)[C@H](C)[C@@H](O[C@@H]2O[C@H](C)C[C@H](N(C)C)[C@H]2O)[C@](C)(OC)C[C@@H](C)C(=O)[C@H](CO)[C@@H](O)[C@]1(C)O. The van der Waals surface area contributed by atoms with E-state index in [2.05, 4.69) is 0 Å². The zero-order valence-electron chi connectivity index (χ0n) is 34.1. The molecule has 0 radical (unpaired) electrons. The lowest BCUT2D eigenvalue weighted by molar-refractivity contribution is -0.319. The third-order valence-electron chi connectivity index (χ3n) is 12.3. The van der Waals surface area contributed by atoms with Crippen molar-refractivity contribution in [3.05, 3.63) is 0 Å². The van der Waals surface area contributed by atoms with Crippen LogP contribution in [0.25, 0.3) is 0 Å². The molecule has 310 valence electrons. The van der Waals surface area contributed by atoms with Gasteiger partial charge < -0.3 is 63.6 Å². The van der Waals surface area contributed by atoms with Crippen LogP contribution in [0.5, 0.6) is 0 Å². The highest BCUT2D eigenvalue weighted by molar-refractivity contribution is 5.84. The van der Waals surface area contributed by atoms with Gasteiger partial charge in [0.05, 0.1) is 60.2 Å². The maximum absolute atomic E-state index is 14.2. The summed E-state index contributed by atoms with van der Waals surface area (Å²) in [5.74, 6) is -5.39. The molecule has 0 aromatic heterocycles. The molecule has 0 bridgehead atoms. The lowest BCUT2D eigenvalue weighted by Gasteiger charge is -2.50. The van der Waals surface area contributed by atoms with Crippen molar-refractivity contribution in [2.24, 2.45) is 23.7 Å². The van der Waals surface area contributed by atoms with Crippen molar-refractivity contribution in [2.75, 3.05) is 34.9 Å². The highest BCUT2D eigenvalue weighted by atomic mass is 16.7. The van der Waals surface area contributed by atoms with E-state index >= 15 is 0 Å². The Balaban J connectivity index is 2.24. The Morgan fingerprint density at radius 3 is 2.02 bits per heavy atom. The second-order valence-electron chi connectivity index (χ2n) is 16.6. The van der Waals surface area contributed by atoms with E-state index in [-0.39, 0.29) is 31.4 Å². The van der Waals surface area contributed by atoms with Crippen molar-refractivity contribution >= 4 is 11.8 Å². The van der Waals surface area contributed by atoms with Crippen LogP contribution in [0.15, 0.2) is 0 Å². The molecule has 0 aliphatic carbocycles. The van der Waals surface area contributed by atoms with Gasteiger partial charge in [-0.3, -0.25) is 9.59 Å². The van der Waals surface area contributed by atoms with E-state index < -0.39 is 114 Å². The summed E-state index contributed by atoms with van der Waals surface area (Å²) >= 11 is 0. The summed E-state index contributed by atoms with van der Waals surface area (Å²) in [5.41, 5.74) is -4.51. The number of hydrogen-bond acceptors (Lipinski definition) is 15. The zero-order valence-corrected chi connectivity index (χ0v) is 34.1. The van der Waals surface area contributed by atoms with E-state index in [0.29, 0.717) is 6.42 Å². The van der Waals surface area contributed by atoms with Gasteiger partial charge in [0.1, 0.15) is 29.7 Å². The molecule has 0 aromatic rings. The number of cyclic esters (lactones) is 1. The third-order valence-corrected chi connectivity index (χ3v) is 12.3. The van der Waals surface area contributed by atoms with Gasteiger partial charge in [-0.15, -0.1) is 0 Å². The first-order valence-electron chi connectivity index (χ1n) is 19.0. The number of aliphatic hydroxyl groups excluding tert-OH is 4. The third kappa shape index (κ3) is 9.80. The first-order valence-corrected chi connectivity index (χ1v) is 19.0. The van der Waals surface area contributed by atoms with Crippen LogP contribution in [-0.2, 0) is 42.7 Å². The molecule has 18 atom stereocenters. The molecule has 0 amide bonds. The second-order valence-corrected chi connectivity index (χ2v) is 16.6. The van der Waals surface area contributed by atoms with Crippen molar-refractivity contribution in [1.82, 2.24) is 4.90 Å². The van der Waals surface area contributed by atoms with Crippen LogP contribution in [0.4, 0.5) is 0 Å². The van der Waals surface area contributed by atoms with Crippen molar-refractivity contribution in [1.29, 1.82) is 0 Å². The number of aliphatic hydroxyl groups is 5. The number of carbonyl (C=O) groups is 2. The summed E-state index contributed by atoms with van der Waals surface area (Å²) in [7, 11) is 6.68. The maximum Gasteiger partial charge on any atom is 0.311 e. The van der Waals surface area contributed by atoms with E-state index in [9.17, 15) is 35.1 Å². The molecule has 3 rings (SSSR count).